The first kappa shape index (κ1) is 24.4. The highest BCUT2D eigenvalue weighted by atomic mass is 32.2. The third-order valence-corrected chi connectivity index (χ3v) is 6.75. The summed E-state index contributed by atoms with van der Waals surface area (Å²) in [6, 6.07) is 4.24. The van der Waals surface area contributed by atoms with Gasteiger partial charge in [0.25, 0.3) is 0 Å². The zero-order valence-electron chi connectivity index (χ0n) is 18.4. The van der Waals surface area contributed by atoms with Gasteiger partial charge < -0.3 is 10.2 Å². The van der Waals surface area contributed by atoms with Crippen LogP contribution in [0.5, 0.6) is 0 Å². The van der Waals surface area contributed by atoms with Crippen LogP contribution in [0.4, 0.5) is 24.7 Å². The summed E-state index contributed by atoms with van der Waals surface area (Å²) in [5.41, 5.74) is -1.74. The topological polar surface area (TPSA) is 121 Å². The number of rotatable bonds is 7. The predicted octanol–water partition coefficient (Wildman–Crippen LogP) is 2.37. The molecule has 0 atom stereocenters. The summed E-state index contributed by atoms with van der Waals surface area (Å²) in [6.45, 7) is 2.54. The van der Waals surface area contributed by atoms with Crippen molar-refractivity contribution in [2.75, 3.05) is 35.0 Å². The standard InChI is InChI=1S/C22H20F3N5O4S/c1-2-7-35(33,34)29-16-9-13(23)20(24)19(21(16)25)22(32)12-3-4-14-15(8-12)28-17(10-27-14)30-6-5-26-18(31)11-30/h3-4,8-10,29H,2,5-7,11H2,1H3,(H,26,31). The molecule has 35 heavy (non-hydrogen) atoms. The van der Waals surface area contributed by atoms with E-state index in [-0.39, 0.29) is 35.7 Å². The maximum atomic E-state index is 15.1. The highest BCUT2D eigenvalue weighted by Crippen LogP contribution is 2.28. The average Bonchev–Trinajstić information content (AvgIpc) is 2.81. The van der Waals surface area contributed by atoms with Gasteiger partial charge in [0.15, 0.2) is 23.2 Å². The number of carbonyl (C=O) groups excluding carboxylic acids is 2. The van der Waals surface area contributed by atoms with Crippen molar-refractivity contribution in [1.82, 2.24) is 15.3 Å². The van der Waals surface area contributed by atoms with Gasteiger partial charge in [-0.25, -0.2) is 26.6 Å². The van der Waals surface area contributed by atoms with Crippen LogP contribution in [-0.4, -0.2) is 55.5 Å². The molecule has 9 nitrogen and oxygen atoms in total. The van der Waals surface area contributed by atoms with Crippen LogP contribution in [0.25, 0.3) is 11.0 Å². The lowest BCUT2D eigenvalue weighted by molar-refractivity contribution is -0.120. The minimum atomic E-state index is -4.03. The predicted molar refractivity (Wildman–Crippen MR) is 122 cm³/mol. The molecule has 1 fully saturated rings. The Kier molecular flexibility index (Phi) is 6.61. The zero-order chi connectivity index (χ0) is 25.3. The molecule has 0 bridgehead atoms. The number of sulfonamides is 1. The van der Waals surface area contributed by atoms with Gasteiger partial charge in [-0.15, -0.1) is 0 Å². The van der Waals surface area contributed by atoms with Gasteiger partial charge in [0.05, 0.1) is 40.8 Å². The van der Waals surface area contributed by atoms with Crippen LogP contribution >= 0.6 is 0 Å². The van der Waals surface area contributed by atoms with Crippen molar-refractivity contribution in [3.8, 4) is 0 Å². The van der Waals surface area contributed by atoms with Crippen molar-refractivity contribution in [3.05, 3.63) is 59.0 Å². The van der Waals surface area contributed by atoms with E-state index in [9.17, 15) is 26.8 Å². The summed E-state index contributed by atoms with van der Waals surface area (Å²) < 4.78 is 69.7. The molecule has 0 aliphatic carbocycles. The van der Waals surface area contributed by atoms with E-state index >= 15 is 4.39 Å². The quantitative estimate of drug-likeness (QED) is 0.372. The molecule has 13 heteroatoms. The number of nitrogens with zero attached hydrogens (tertiary/aromatic N) is 3. The normalized spacial score (nSPS) is 14.2. The summed E-state index contributed by atoms with van der Waals surface area (Å²) in [4.78, 5) is 35.0. The van der Waals surface area contributed by atoms with Crippen LogP contribution < -0.4 is 14.9 Å². The summed E-state index contributed by atoms with van der Waals surface area (Å²) in [7, 11) is -4.03. The van der Waals surface area contributed by atoms with Gasteiger partial charge in [-0.05, 0) is 24.6 Å². The molecule has 0 saturated carbocycles. The number of ketones is 1. The molecule has 1 aliphatic rings. The van der Waals surface area contributed by atoms with E-state index in [2.05, 4.69) is 15.3 Å². The minimum absolute atomic E-state index is 0.0647. The number of anilines is 2. The van der Waals surface area contributed by atoms with E-state index in [4.69, 9.17) is 0 Å². The van der Waals surface area contributed by atoms with Crippen molar-refractivity contribution in [1.29, 1.82) is 0 Å². The molecule has 3 aromatic rings. The molecule has 1 amide bonds. The fourth-order valence-corrected chi connectivity index (χ4v) is 4.76. The van der Waals surface area contributed by atoms with Gasteiger partial charge in [0, 0.05) is 24.7 Å². The molecule has 2 N–H and O–H groups in total. The Morgan fingerprint density at radius 2 is 1.94 bits per heavy atom. The molecular weight excluding hydrogens is 487 g/mol. The lowest BCUT2D eigenvalue weighted by atomic mass is 10.0. The molecule has 4 rings (SSSR count). The van der Waals surface area contributed by atoms with Gasteiger partial charge in [-0.3, -0.25) is 19.3 Å². The van der Waals surface area contributed by atoms with Crippen LogP contribution in [0.15, 0.2) is 30.5 Å². The van der Waals surface area contributed by atoms with E-state index in [1.54, 1.807) is 11.8 Å². The van der Waals surface area contributed by atoms with E-state index in [1.807, 2.05) is 4.72 Å². The summed E-state index contributed by atoms with van der Waals surface area (Å²) in [6.07, 6.45) is 1.66. The van der Waals surface area contributed by atoms with Crippen LogP contribution in [0, 0.1) is 17.5 Å². The van der Waals surface area contributed by atoms with Gasteiger partial charge in [-0.1, -0.05) is 6.92 Å². The molecule has 0 spiro atoms. The monoisotopic (exact) mass is 507 g/mol. The van der Waals surface area contributed by atoms with Gasteiger partial charge in [0.2, 0.25) is 15.9 Å². The fourth-order valence-electron chi connectivity index (χ4n) is 3.64. The first-order valence-electron chi connectivity index (χ1n) is 10.6. The number of fused-ring (bicyclic) bond motifs is 1. The highest BCUT2D eigenvalue weighted by molar-refractivity contribution is 7.92. The number of carbonyl (C=O) groups is 2. The molecule has 1 saturated heterocycles. The number of hydrogen-bond acceptors (Lipinski definition) is 7. The summed E-state index contributed by atoms with van der Waals surface area (Å²) in [5.74, 6) is -6.27. The summed E-state index contributed by atoms with van der Waals surface area (Å²) in [5, 5.41) is 2.68. The SMILES string of the molecule is CCCS(=O)(=O)Nc1cc(F)c(F)c(C(=O)c2ccc3ncc(N4CCNC(=O)C4)nc3c2)c1F. The zero-order valence-corrected chi connectivity index (χ0v) is 19.3. The number of hydrogen-bond donors (Lipinski definition) is 2. The van der Waals surface area contributed by atoms with E-state index < -0.39 is 44.5 Å². The largest absolute Gasteiger partial charge is 0.353 e. The second-order valence-corrected chi connectivity index (χ2v) is 9.70. The molecule has 2 heterocycles. The van der Waals surface area contributed by atoms with E-state index in [1.165, 1.54) is 24.4 Å². The Hall–Kier alpha value is -3.74. The van der Waals surface area contributed by atoms with Crippen molar-refractivity contribution in [2.24, 2.45) is 0 Å². The number of halogens is 3. The molecule has 1 aliphatic heterocycles. The Balaban J connectivity index is 1.73. The molecule has 0 unspecified atom stereocenters. The molecule has 0 radical (unpaired) electrons. The van der Waals surface area contributed by atoms with E-state index in [0.29, 0.717) is 30.5 Å². The lowest BCUT2D eigenvalue weighted by Gasteiger charge is -2.27. The Bertz CT molecular complexity index is 1450. The average molecular weight is 507 g/mol. The van der Waals surface area contributed by atoms with Crippen LogP contribution in [-0.2, 0) is 14.8 Å². The third kappa shape index (κ3) is 5.04. The number of nitrogens with one attached hydrogen (secondary N) is 2. The Labute approximate surface area is 198 Å². The number of piperazine rings is 1. The first-order valence-corrected chi connectivity index (χ1v) is 12.3. The van der Waals surface area contributed by atoms with Crippen molar-refractivity contribution >= 4 is 44.3 Å². The Morgan fingerprint density at radius 1 is 1.17 bits per heavy atom. The summed E-state index contributed by atoms with van der Waals surface area (Å²) >= 11 is 0. The van der Waals surface area contributed by atoms with Gasteiger partial charge >= 0.3 is 0 Å². The lowest BCUT2D eigenvalue weighted by Crippen LogP contribution is -2.48. The van der Waals surface area contributed by atoms with Gasteiger partial charge in [-0.2, -0.15) is 0 Å². The highest BCUT2D eigenvalue weighted by Gasteiger charge is 2.27. The molecule has 1 aromatic heterocycles. The molecular formula is C22H20F3N5O4S. The van der Waals surface area contributed by atoms with Crippen molar-refractivity contribution < 1.29 is 31.2 Å². The molecule has 2 aromatic carbocycles. The maximum Gasteiger partial charge on any atom is 0.239 e. The minimum Gasteiger partial charge on any atom is -0.353 e. The number of amides is 1. The second-order valence-electron chi connectivity index (χ2n) is 7.86. The van der Waals surface area contributed by atoms with Crippen molar-refractivity contribution in [2.45, 2.75) is 13.3 Å². The van der Waals surface area contributed by atoms with Crippen LogP contribution in [0.1, 0.15) is 29.3 Å². The number of benzene rings is 2. The smallest absolute Gasteiger partial charge is 0.239 e. The molecule has 184 valence electrons. The van der Waals surface area contributed by atoms with Gasteiger partial charge in [0.1, 0.15) is 5.82 Å². The fraction of sp³-hybridized carbons (Fsp3) is 0.273. The van der Waals surface area contributed by atoms with Crippen LogP contribution in [0.3, 0.4) is 0 Å². The van der Waals surface area contributed by atoms with E-state index in [0.717, 1.165) is 0 Å². The first-order chi connectivity index (χ1) is 16.6. The van der Waals surface area contributed by atoms with Crippen LogP contribution in [0.2, 0.25) is 0 Å². The second kappa shape index (κ2) is 9.49. The Morgan fingerprint density at radius 3 is 2.66 bits per heavy atom. The number of aromatic nitrogens is 2. The maximum absolute atomic E-state index is 15.1. The third-order valence-electron chi connectivity index (χ3n) is 5.28. The van der Waals surface area contributed by atoms with Crippen molar-refractivity contribution in [3.63, 3.8) is 0 Å².